The molecule has 136 valence electrons. The number of Topliss-reactive ketones (excluding diaryl/α,β-unsaturated/α-hetero) is 1. The number of ketones is 1. The molecule has 0 aromatic heterocycles. The summed E-state index contributed by atoms with van der Waals surface area (Å²) in [6, 6.07) is 7.27. The molecule has 0 saturated heterocycles. The normalized spacial score (nSPS) is 17.4. The highest BCUT2D eigenvalue weighted by molar-refractivity contribution is 6.08. The molecule has 0 fully saturated rings. The summed E-state index contributed by atoms with van der Waals surface area (Å²) in [4.78, 5) is 28.2. The molecule has 1 atom stereocenters. The van der Waals surface area contributed by atoms with Crippen LogP contribution in [0.15, 0.2) is 35.6 Å². The first-order valence-electron chi connectivity index (χ1n) is 8.90. The number of amides is 1. The van der Waals surface area contributed by atoms with E-state index in [0.717, 1.165) is 36.9 Å². The predicted octanol–water partition coefficient (Wildman–Crippen LogP) is 3.62. The van der Waals surface area contributed by atoms with Gasteiger partial charge in [-0.1, -0.05) is 38.3 Å². The van der Waals surface area contributed by atoms with Crippen molar-refractivity contribution in [3.05, 3.63) is 41.2 Å². The van der Waals surface area contributed by atoms with Crippen molar-refractivity contribution in [1.82, 2.24) is 4.90 Å². The highest BCUT2D eigenvalue weighted by atomic mass is 16.3. The summed E-state index contributed by atoms with van der Waals surface area (Å²) in [5.41, 5.74) is 2.10. The van der Waals surface area contributed by atoms with Gasteiger partial charge in [-0.2, -0.15) is 0 Å². The van der Waals surface area contributed by atoms with E-state index in [9.17, 15) is 14.7 Å². The molecule has 1 unspecified atom stereocenters. The molecular formula is C20H28N2O3. The van der Waals surface area contributed by atoms with Crippen LogP contribution in [0.3, 0.4) is 0 Å². The van der Waals surface area contributed by atoms with Gasteiger partial charge in [-0.15, -0.1) is 0 Å². The van der Waals surface area contributed by atoms with E-state index in [0.29, 0.717) is 6.54 Å². The van der Waals surface area contributed by atoms with Crippen LogP contribution in [0.4, 0.5) is 5.69 Å². The lowest BCUT2D eigenvalue weighted by molar-refractivity contribution is -0.129. The Kier molecular flexibility index (Phi) is 6.23. The van der Waals surface area contributed by atoms with Crippen LogP contribution in [-0.4, -0.2) is 42.3 Å². The van der Waals surface area contributed by atoms with Crippen LogP contribution in [0.1, 0.15) is 51.1 Å². The fraction of sp³-hybridized carbons (Fsp3) is 0.500. The van der Waals surface area contributed by atoms with Gasteiger partial charge < -0.3 is 14.9 Å². The number of aliphatic hydroxyl groups is 1. The second-order valence-corrected chi connectivity index (χ2v) is 6.77. The van der Waals surface area contributed by atoms with Gasteiger partial charge in [-0.05, 0) is 31.0 Å². The topological polar surface area (TPSA) is 60.9 Å². The maximum atomic E-state index is 12.5. The maximum Gasteiger partial charge on any atom is 0.290 e. The van der Waals surface area contributed by atoms with Crippen LogP contribution in [-0.2, 0) is 9.59 Å². The molecule has 0 spiro atoms. The molecule has 1 aromatic carbocycles. The van der Waals surface area contributed by atoms with E-state index in [-0.39, 0.29) is 11.4 Å². The van der Waals surface area contributed by atoms with Gasteiger partial charge in [0.2, 0.25) is 0 Å². The summed E-state index contributed by atoms with van der Waals surface area (Å²) in [6.07, 6.45) is 4.13. The number of benzene rings is 1. The Balaban J connectivity index is 2.32. The fourth-order valence-corrected chi connectivity index (χ4v) is 3.25. The van der Waals surface area contributed by atoms with Crippen LogP contribution in [0.5, 0.6) is 0 Å². The zero-order chi connectivity index (χ0) is 18.6. The SMILES string of the molecule is CCCCCCN1C(=O)C(O)=C(C(C)=O)C1c1ccc(N(C)C)cc1. The lowest BCUT2D eigenvalue weighted by Crippen LogP contribution is -2.32. The van der Waals surface area contributed by atoms with E-state index >= 15 is 0 Å². The molecule has 0 bridgehead atoms. The van der Waals surface area contributed by atoms with Crippen LogP contribution >= 0.6 is 0 Å². The summed E-state index contributed by atoms with van der Waals surface area (Å²) in [5, 5.41) is 10.2. The lowest BCUT2D eigenvalue weighted by Gasteiger charge is -2.27. The van der Waals surface area contributed by atoms with Crippen LogP contribution in [0.25, 0.3) is 0 Å². The average molecular weight is 344 g/mol. The number of rotatable bonds is 8. The van der Waals surface area contributed by atoms with Crippen LogP contribution in [0, 0.1) is 0 Å². The van der Waals surface area contributed by atoms with Gasteiger partial charge in [0.25, 0.3) is 5.91 Å². The monoisotopic (exact) mass is 344 g/mol. The van der Waals surface area contributed by atoms with E-state index in [1.54, 1.807) is 4.90 Å². The van der Waals surface area contributed by atoms with Crippen molar-refractivity contribution in [1.29, 1.82) is 0 Å². The molecule has 2 rings (SSSR count). The van der Waals surface area contributed by atoms with Gasteiger partial charge in [-0.25, -0.2) is 0 Å². The summed E-state index contributed by atoms with van der Waals surface area (Å²) < 4.78 is 0. The zero-order valence-electron chi connectivity index (χ0n) is 15.6. The lowest BCUT2D eigenvalue weighted by atomic mass is 9.96. The molecule has 1 aliphatic heterocycles. The molecule has 0 aliphatic carbocycles. The van der Waals surface area contributed by atoms with Gasteiger partial charge in [0, 0.05) is 26.3 Å². The number of hydrogen-bond donors (Lipinski definition) is 1. The number of carbonyl (C=O) groups excluding carboxylic acids is 2. The third-order valence-corrected chi connectivity index (χ3v) is 4.66. The van der Waals surface area contributed by atoms with Crippen molar-refractivity contribution in [3.63, 3.8) is 0 Å². The Morgan fingerprint density at radius 2 is 1.80 bits per heavy atom. The minimum atomic E-state index is -0.497. The Morgan fingerprint density at radius 1 is 1.16 bits per heavy atom. The van der Waals surface area contributed by atoms with E-state index in [1.165, 1.54) is 6.92 Å². The van der Waals surface area contributed by atoms with Gasteiger partial charge in [0.1, 0.15) is 0 Å². The van der Waals surface area contributed by atoms with Gasteiger partial charge in [-0.3, -0.25) is 9.59 Å². The summed E-state index contributed by atoms with van der Waals surface area (Å²) in [6.45, 7) is 4.08. The van der Waals surface area contributed by atoms with Gasteiger partial charge >= 0.3 is 0 Å². The molecule has 1 aliphatic rings. The van der Waals surface area contributed by atoms with Crippen molar-refractivity contribution < 1.29 is 14.7 Å². The third kappa shape index (κ3) is 4.03. The molecule has 1 N–H and O–H groups in total. The van der Waals surface area contributed by atoms with E-state index in [4.69, 9.17) is 0 Å². The van der Waals surface area contributed by atoms with Crippen molar-refractivity contribution in [3.8, 4) is 0 Å². The molecule has 0 saturated carbocycles. The average Bonchev–Trinajstić information content (AvgIpc) is 2.83. The molecule has 1 amide bonds. The number of unbranched alkanes of at least 4 members (excludes halogenated alkanes) is 3. The van der Waals surface area contributed by atoms with E-state index < -0.39 is 17.7 Å². The number of carbonyl (C=O) groups is 2. The van der Waals surface area contributed by atoms with Gasteiger partial charge in [0.15, 0.2) is 11.5 Å². The Morgan fingerprint density at radius 3 is 2.32 bits per heavy atom. The molecule has 5 nitrogen and oxygen atoms in total. The first-order chi connectivity index (χ1) is 11.9. The largest absolute Gasteiger partial charge is 0.503 e. The quantitative estimate of drug-likeness (QED) is 0.732. The molecule has 1 aromatic rings. The number of aliphatic hydroxyl groups excluding tert-OH is 1. The Bertz CT molecular complexity index is 662. The van der Waals surface area contributed by atoms with Crippen molar-refractivity contribution >= 4 is 17.4 Å². The smallest absolute Gasteiger partial charge is 0.290 e. The predicted molar refractivity (Wildman–Crippen MR) is 99.7 cm³/mol. The van der Waals surface area contributed by atoms with Gasteiger partial charge in [0.05, 0.1) is 11.6 Å². The summed E-state index contributed by atoms with van der Waals surface area (Å²) in [7, 11) is 3.92. The molecule has 5 heteroatoms. The fourth-order valence-electron chi connectivity index (χ4n) is 3.25. The standard InChI is InChI=1S/C20H28N2O3/c1-5-6-7-8-13-22-18(17(14(2)23)19(24)20(22)25)15-9-11-16(12-10-15)21(3)4/h9-12,18,24H,5-8,13H2,1-4H3. The first-order valence-corrected chi connectivity index (χ1v) is 8.90. The van der Waals surface area contributed by atoms with E-state index in [1.807, 2.05) is 43.3 Å². The molecular weight excluding hydrogens is 316 g/mol. The molecule has 1 heterocycles. The molecule has 25 heavy (non-hydrogen) atoms. The number of nitrogens with zero attached hydrogens (tertiary/aromatic N) is 2. The van der Waals surface area contributed by atoms with Crippen LogP contribution < -0.4 is 4.90 Å². The van der Waals surface area contributed by atoms with E-state index in [2.05, 4.69) is 6.92 Å². The second kappa shape index (κ2) is 8.19. The Hall–Kier alpha value is -2.30. The maximum absolute atomic E-state index is 12.5. The summed E-state index contributed by atoms with van der Waals surface area (Å²) >= 11 is 0. The number of hydrogen-bond acceptors (Lipinski definition) is 4. The Labute approximate surface area is 149 Å². The highest BCUT2D eigenvalue weighted by Crippen LogP contribution is 2.38. The molecule has 0 radical (unpaired) electrons. The second-order valence-electron chi connectivity index (χ2n) is 6.77. The minimum Gasteiger partial charge on any atom is -0.503 e. The van der Waals surface area contributed by atoms with Crippen molar-refractivity contribution in [2.75, 3.05) is 25.5 Å². The minimum absolute atomic E-state index is 0.207. The summed E-state index contributed by atoms with van der Waals surface area (Å²) in [5.74, 6) is -1.10. The third-order valence-electron chi connectivity index (χ3n) is 4.66. The highest BCUT2D eigenvalue weighted by Gasteiger charge is 2.41. The van der Waals surface area contributed by atoms with Crippen molar-refractivity contribution in [2.24, 2.45) is 0 Å². The van der Waals surface area contributed by atoms with Crippen molar-refractivity contribution in [2.45, 2.75) is 45.6 Å². The zero-order valence-corrected chi connectivity index (χ0v) is 15.6. The first kappa shape index (κ1) is 19.0. The number of anilines is 1. The van der Waals surface area contributed by atoms with Crippen LogP contribution in [0.2, 0.25) is 0 Å².